The maximum Gasteiger partial charge on any atom is 0.222 e. The van der Waals surface area contributed by atoms with Gasteiger partial charge in [0.25, 0.3) is 0 Å². The van der Waals surface area contributed by atoms with Gasteiger partial charge in [0.15, 0.2) is 0 Å². The molecule has 160 valence electrons. The monoisotopic (exact) mass is 379 g/mol. The normalized spacial score (nSPS) is 14.9. The Bertz CT molecular complexity index is 328. The van der Waals surface area contributed by atoms with Gasteiger partial charge < -0.3 is 4.90 Å². The SMILES string of the molecule is CCCCCCCCCCCCCCCCCCCCN1CCCCC1=O. The van der Waals surface area contributed by atoms with E-state index in [1.807, 2.05) is 0 Å². The van der Waals surface area contributed by atoms with Crippen molar-refractivity contribution in [2.45, 2.75) is 142 Å². The number of likely N-dealkylation sites (tertiary alicyclic amines) is 1. The van der Waals surface area contributed by atoms with E-state index in [9.17, 15) is 4.79 Å². The molecule has 0 aliphatic carbocycles. The molecule has 0 radical (unpaired) electrons. The van der Waals surface area contributed by atoms with Gasteiger partial charge >= 0.3 is 0 Å². The average Bonchev–Trinajstić information content (AvgIpc) is 2.68. The first-order chi connectivity index (χ1) is 13.3. The second kappa shape index (κ2) is 18.8. The summed E-state index contributed by atoms with van der Waals surface area (Å²) >= 11 is 0. The van der Waals surface area contributed by atoms with Gasteiger partial charge in [-0.25, -0.2) is 0 Å². The molecule has 0 aromatic carbocycles. The minimum Gasteiger partial charge on any atom is -0.343 e. The molecule has 2 nitrogen and oxygen atoms in total. The van der Waals surface area contributed by atoms with Gasteiger partial charge in [0.05, 0.1) is 0 Å². The zero-order chi connectivity index (χ0) is 19.4. The van der Waals surface area contributed by atoms with Crippen molar-refractivity contribution in [2.24, 2.45) is 0 Å². The first kappa shape index (κ1) is 24.5. The van der Waals surface area contributed by atoms with Crippen LogP contribution in [0.5, 0.6) is 0 Å². The average molecular weight is 380 g/mol. The third-order valence-electron chi connectivity index (χ3n) is 6.20. The summed E-state index contributed by atoms with van der Waals surface area (Å²) < 4.78 is 0. The molecule has 27 heavy (non-hydrogen) atoms. The predicted molar refractivity (Wildman–Crippen MR) is 119 cm³/mol. The largest absolute Gasteiger partial charge is 0.343 e. The maximum atomic E-state index is 11.7. The van der Waals surface area contributed by atoms with Gasteiger partial charge in [0.1, 0.15) is 0 Å². The summed E-state index contributed by atoms with van der Waals surface area (Å²) in [7, 11) is 0. The van der Waals surface area contributed by atoms with Gasteiger partial charge in [-0.2, -0.15) is 0 Å². The van der Waals surface area contributed by atoms with E-state index in [1.54, 1.807) is 0 Å². The molecule has 1 heterocycles. The summed E-state index contributed by atoms with van der Waals surface area (Å²) in [6, 6.07) is 0. The van der Waals surface area contributed by atoms with Gasteiger partial charge in [-0.3, -0.25) is 4.79 Å². The van der Waals surface area contributed by atoms with E-state index >= 15 is 0 Å². The lowest BCUT2D eigenvalue weighted by atomic mass is 10.0. The lowest BCUT2D eigenvalue weighted by molar-refractivity contribution is -0.133. The highest BCUT2D eigenvalue weighted by Crippen LogP contribution is 2.15. The van der Waals surface area contributed by atoms with E-state index in [0.29, 0.717) is 5.91 Å². The van der Waals surface area contributed by atoms with Crippen LogP contribution in [-0.2, 0) is 4.79 Å². The topological polar surface area (TPSA) is 20.3 Å². The van der Waals surface area contributed by atoms with Crippen LogP contribution in [0.2, 0.25) is 0 Å². The molecule has 0 aromatic heterocycles. The number of carbonyl (C=O) groups excluding carboxylic acids is 1. The molecule has 1 aliphatic heterocycles. The van der Waals surface area contributed by atoms with Crippen LogP contribution >= 0.6 is 0 Å². The van der Waals surface area contributed by atoms with Crippen LogP contribution in [0.25, 0.3) is 0 Å². The number of amides is 1. The molecule has 0 aromatic rings. The van der Waals surface area contributed by atoms with Crippen molar-refractivity contribution in [3.8, 4) is 0 Å². The molecule has 1 rings (SSSR count). The van der Waals surface area contributed by atoms with Crippen LogP contribution in [-0.4, -0.2) is 23.9 Å². The maximum absolute atomic E-state index is 11.7. The van der Waals surface area contributed by atoms with Crippen molar-refractivity contribution in [1.29, 1.82) is 0 Å². The molecule has 0 bridgehead atoms. The molecule has 0 atom stereocenters. The van der Waals surface area contributed by atoms with Crippen molar-refractivity contribution in [3.05, 3.63) is 0 Å². The van der Waals surface area contributed by atoms with Gasteiger partial charge in [0, 0.05) is 19.5 Å². The van der Waals surface area contributed by atoms with E-state index in [0.717, 1.165) is 25.9 Å². The lowest BCUT2D eigenvalue weighted by Gasteiger charge is -2.26. The lowest BCUT2D eigenvalue weighted by Crippen LogP contribution is -2.35. The summed E-state index contributed by atoms with van der Waals surface area (Å²) in [5.74, 6) is 0.397. The van der Waals surface area contributed by atoms with Crippen LogP contribution in [0.4, 0.5) is 0 Å². The predicted octanol–water partition coefficient (Wildman–Crippen LogP) is 8.04. The van der Waals surface area contributed by atoms with E-state index in [-0.39, 0.29) is 0 Å². The van der Waals surface area contributed by atoms with E-state index < -0.39 is 0 Å². The Morgan fingerprint density at radius 2 is 1.00 bits per heavy atom. The van der Waals surface area contributed by atoms with Gasteiger partial charge in [0.2, 0.25) is 5.91 Å². The number of hydrogen-bond donors (Lipinski definition) is 0. The van der Waals surface area contributed by atoms with E-state index in [1.165, 1.54) is 122 Å². The zero-order valence-electron chi connectivity index (χ0n) is 18.6. The van der Waals surface area contributed by atoms with Crippen molar-refractivity contribution in [1.82, 2.24) is 4.90 Å². The Hall–Kier alpha value is -0.530. The fourth-order valence-corrected chi connectivity index (χ4v) is 4.30. The molecule has 1 fully saturated rings. The molecule has 0 unspecified atom stereocenters. The second-order valence-electron chi connectivity index (χ2n) is 8.85. The summed E-state index contributed by atoms with van der Waals surface area (Å²) in [6.45, 7) is 4.32. The third-order valence-corrected chi connectivity index (χ3v) is 6.20. The fraction of sp³-hybridized carbons (Fsp3) is 0.960. The highest BCUT2D eigenvalue weighted by atomic mass is 16.2. The van der Waals surface area contributed by atoms with Crippen LogP contribution in [0.1, 0.15) is 142 Å². The highest BCUT2D eigenvalue weighted by Gasteiger charge is 2.16. The minimum absolute atomic E-state index is 0.397. The molecule has 2 heteroatoms. The number of unbranched alkanes of at least 4 members (excludes halogenated alkanes) is 17. The molecular weight excluding hydrogens is 330 g/mol. The number of carbonyl (C=O) groups is 1. The Balaban J connectivity index is 1.69. The smallest absolute Gasteiger partial charge is 0.222 e. The fourth-order valence-electron chi connectivity index (χ4n) is 4.30. The van der Waals surface area contributed by atoms with Crippen molar-refractivity contribution >= 4 is 5.91 Å². The molecule has 0 N–H and O–H groups in total. The van der Waals surface area contributed by atoms with Crippen molar-refractivity contribution in [3.63, 3.8) is 0 Å². The molecule has 1 amide bonds. The Labute approximate surface area is 170 Å². The second-order valence-corrected chi connectivity index (χ2v) is 8.85. The molecule has 0 saturated carbocycles. The van der Waals surface area contributed by atoms with Crippen molar-refractivity contribution in [2.75, 3.05) is 13.1 Å². The minimum atomic E-state index is 0.397. The molecule has 1 saturated heterocycles. The zero-order valence-corrected chi connectivity index (χ0v) is 18.6. The van der Waals surface area contributed by atoms with Gasteiger partial charge in [-0.15, -0.1) is 0 Å². The van der Waals surface area contributed by atoms with Crippen LogP contribution in [0, 0.1) is 0 Å². The third kappa shape index (κ3) is 15.1. The van der Waals surface area contributed by atoms with Gasteiger partial charge in [-0.1, -0.05) is 116 Å². The highest BCUT2D eigenvalue weighted by molar-refractivity contribution is 5.76. The summed E-state index contributed by atoms with van der Waals surface area (Å²) in [6.07, 6.45) is 28.6. The Kier molecular flexibility index (Phi) is 17.1. The van der Waals surface area contributed by atoms with Crippen LogP contribution < -0.4 is 0 Å². The number of piperidine rings is 1. The van der Waals surface area contributed by atoms with E-state index in [4.69, 9.17) is 0 Å². The quantitative estimate of drug-likeness (QED) is 0.208. The molecule has 1 aliphatic rings. The number of hydrogen-bond acceptors (Lipinski definition) is 1. The Morgan fingerprint density at radius 3 is 1.41 bits per heavy atom. The summed E-state index contributed by atoms with van der Waals surface area (Å²) in [5, 5.41) is 0. The molecule has 0 spiro atoms. The summed E-state index contributed by atoms with van der Waals surface area (Å²) in [5.41, 5.74) is 0. The van der Waals surface area contributed by atoms with Crippen LogP contribution in [0.15, 0.2) is 0 Å². The first-order valence-electron chi connectivity index (χ1n) is 12.6. The Morgan fingerprint density at radius 1 is 0.593 bits per heavy atom. The standard InChI is InChI=1S/C25H49NO/c1-2-3-4-5-6-7-8-9-10-11-12-13-14-15-16-17-18-20-23-26-24-21-19-22-25(26)27/h2-24H2,1H3. The first-order valence-corrected chi connectivity index (χ1v) is 12.6. The molecular formula is C25H49NO. The van der Waals surface area contributed by atoms with Gasteiger partial charge in [-0.05, 0) is 19.3 Å². The summed E-state index contributed by atoms with van der Waals surface area (Å²) in [4.78, 5) is 13.8. The van der Waals surface area contributed by atoms with Crippen molar-refractivity contribution < 1.29 is 4.79 Å². The van der Waals surface area contributed by atoms with Crippen LogP contribution in [0.3, 0.4) is 0 Å². The number of rotatable bonds is 19. The number of nitrogens with zero attached hydrogens (tertiary/aromatic N) is 1. The van der Waals surface area contributed by atoms with E-state index in [2.05, 4.69) is 11.8 Å².